The van der Waals surface area contributed by atoms with Crippen molar-refractivity contribution in [1.82, 2.24) is 9.80 Å². The number of ether oxygens (including phenoxy) is 2. The molecule has 39 heavy (non-hydrogen) atoms. The summed E-state index contributed by atoms with van der Waals surface area (Å²) in [5.41, 5.74) is 3.15. The average molecular weight is 527 g/mol. The minimum atomic E-state index is -0.423. The molecule has 3 aliphatic rings. The highest BCUT2D eigenvalue weighted by Crippen LogP contribution is 2.33. The number of piperazine rings is 1. The Bertz CT molecular complexity index is 1370. The second-order valence-electron chi connectivity index (χ2n) is 10.1. The zero-order valence-electron chi connectivity index (χ0n) is 21.5. The largest absolute Gasteiger partial charge is 0.454 e. The maximum Gasteiger partial charge on any atom is 0.253 e. The van der Waals surface area contributed by atoms with Crippen molar-refractivity contribution in [3.8, 4) is 11.5 Å². The molecule has 2 saturated heterocycles. The number of carbonyl (C=O) groups excluding carboxylic acids is 3. The van der Waals surface area contributed by atoms with Crippen LogP contribution in [0.2, 0.25) is 0 Å². The van der Waals surface area contributed by atoms with Crippen molar-refractivity contribution in [3.63, 3.8) is 0 Å². The van der Waals surface area contributed by atoms with Crippen molar-refractivity contribution in [1.29, 1.82) is 0 Å². The number of amides is 3. The van der Waals surface area contributed by atoms with Gasteiger partial charge >= 0.3 is 0 Å². The summed E-state index contributed by atoms with van der Waals surface area (Å²) >= 11 is 0. The van der Waals surface area contributed by atoms with Crippen LogP contribution >= 0.6 is 0 Å². The highest BCUT2D eigenvalue weighted by Gasteiger charge is 2.35. The Morgan fingerprint density at radius 3 is 2.38 bits per heavy atom. The number of nitrogens with one attached hydrogen (secondary N) is 1. The number of anilines is 2. The van der Waals surface area contributed by atoms with Gasteiger partial charge in [0, 0.05) is 62.6 Å². The molecule has 2 fully saturated rings. The molecule has 0 radical (unpaired) electrons. The van der Waals surface area contributed by atoms with E-state index >= 15 is 0 Å². The smallest absolute Gasteiger partial charge is 0.253 e. The molecule has 3 amide bonds. The SMILES string of the molecule is O=C(Nc1ccc(C(=O)N2CCN(Cc3ccc4c(c3)OCO4)CC2)cc1)C1CC(=O)N(c2ccccc2)C1. The van der Waals surface area contributed by atoms with E-state index in [4.69, 9.17) is 9.47 Å². The second-order valence-corrected chi connectivity index (χ2v) is 10.1. The number of hydrogen-bond acceptors (Lipinski definition) is 6. The first kappa shape index (κ1) is 24.9. The van der Waals surface area contributed by atoms with Crippen LogP contribution in [0.15, 0.2) is 72.8 Å². The third kappa shape index (κ3) is 5.44. The van der Waals surface area contributed by atoms with Crippen molar-refractivity contribution >= 4 is 29.1 Å². The Balaban J connectivity index is 0.992. The van der Waals surface area contributed by atoms with Crippen molar-refractivity contribution in [3.05, 3.63) is 83.9 Å². The highest BCUT2D eigenvalue weighted by atomic mass is 16.7. The maximum absolute atomic E-state index is 13.1. The number of rotatable bonds is 6. The maximum atomic E-state index is 13.1. The number of fused-ring (bicyclic) bond motifs is 1. The average Bonchev–Trinajstić information content (AvgIpc) is 3.60. The van der Waals surface area contributed by atoms with Crippen LogP contribution in [0.4, 0.5) is 11.4 Å². The molecule has 0 aliphatic carbocycles. The topological polar surface area (TPSA) is 91.4 Å². The third-order valence-electron chi connectivity index (χ3n) is 7.47. The monoisotopic (exact) mass is 526 g/mol. The minimum absolute atomic E-state index is 0.0181. The Morgan fingerprint density at radius 2 is 1.62 bits per heavy atom. The van der Waals surface area contributed by atoms with Gasteiger partial charge in [-0.1, -0.05) is 24.3 Å². The quantitative estimate of drug-likeness (QED) is 0.530. The molecule has 1 unspecified atom stereocenters. The van der Waals surface area contributed by atoms with Crippen LogP contribution in [0.5, 0.6) is 11.5 Å². The molecule has 9 nitrogen and oxygen atoms in total. The van der Waals surface area contributed by atoms with E-state index in [1.54, 1.807) is 29.2 Å². The highest BCUT2D eigenvalue weighted by molar-refractivity contribution is 6.03. The summed E-state index contributed by atoms with van der Waals surface area (Å²) in [6, 6.07) is 22.4. The Labute approximate surface area is 226 Å². The van der Waals surface area contributed by atoms with Crippen LogP contribution < -0.4 is 19.7 Å². The molecular weight excluding hydrogens is 496 g/mol. The van der Waals surface area contributed by atoms with E-state index in [9.17, 15) is 14.4 Å². The van der Waals surface area contributed by atoms with Crippen molar-refractivity contribution in [2.45, 2.75) is 13.0 Å². The Morgan fingerprint density at radius 1 is 0.872 bits per heavy atom. The molecule has 0 bridgehead atoms. The van der Waals surface area contributed by atoms with Gasteiger partial charge in [-0.2, -0.15) is 0 Å². The number of hydrogen-bond donors (Lipinski definition) is 1. The summed E-state index contributed by atoms with van der Waals surface area (Å²) in [6.45, 7) is 4.28. The van der Waals surface area contributed by atoms with E-state index in [0.29, 0.717) is 30.9 Å². The lowest BCUT2D eigenvalue weighted by molar-refractivity contribution is -0.122. The van der Waals surface area contributed by atoms with Gasteiger partial charge in [-0.3, -0.25) is 19.3 Å². The predicted molar refractivity (Wildman–Crippen MR) is 146 cm³/mol. The van der Waals surface area contributed by atoms with Crippen molar-refractivity contribution in [2.75, 3.05) is 49.7 Å². The van der Waals surface area contributed by atoms with Gasteiger partial charge in [-0.15, -0.1) is 0 Å². The van der Waals surface area contributed by atoms with E-state index in [-0.39, 0.29) is 30.9 Å². The molecule has 9 heteroatoms. The summed E-state index contributed by atoms with van der Waals surface area (Å²) in [7, 11) is 0. The van der Waals surface area contributed by atoms with E-state index < -0.39 is 5.92 Å². The number of nitrogens with zero attached hydrogens (tertiary/aromatic N) is 3. The first-order chi connectivity index (χ1) is 19.0. The molecule has 3 aromatic carbocycles. The standard InChI is InChI=1S/C30H30N4O5/c35-28-17-23(19-34(28)25-4-2-1-3-5-25)29(36)31-24-9-7-22(8-10-24)30(37)33-14-12-32(13-15-33)18-21-6-11-26-27(16-21)39-20-38-26/h1-11,16,23H,12-15,17-20H2,(H,31,36). The fourth-order valence-corrected chi connectivity index (χ4v) is 5.27. The molecule has 3 aromatic rings. The molecule has 0 aromatic heterocycles. The molecule has 200 valence electrons. The molecule has 1 N–H and O–H groups in total. The van der Waals surface area contributed by atoms with E-state index in [2.05, 4.69) is 16.3 Å². The molecule has 3 heterocycles. The van der Waals surface area contributed by atoms with E-state index in [1.807, 2.05) is 47.4 Å². The molecule has 6 rings (SSSR count). The van der Waals surface area contributed by atoms with E-state index in [1.165, 1.54) is 0 Å². The lowest BCUT2D eigenvalue weighted by atomic mass is 10.1. The molecule has 0 spiro atoms. The Kier molecular flexibility index (Phi) is 6.89. The summed E-state index contributed by atoms with van der Waals surface area (Å²) in [4.78, 5) is 44.2. The van der Waals surface area contributed by atoms with Crippen LogP contribution in [-0.2, 0) is 16.1 Å². The molecule has 3 aliphatic heterocycles. The van der Waals surface area contributed by atoms with Gasteiger partial charge in [0.05, 0.1) is 5.92 Å². The fourth-order valence-electron chi connectivity index (χ4n) is 5.27. The Hall–Kier alpha value is -4.37. The van der Waals surface area contributed by atoms with Gasteiger partial charge in [-0.25, -0.2) is 0 Å². The van der Waals surface area contributed by atoms with Gasteiger partial charge in [0.25, 0.3) is 5.91 Å². The summed E-state index contributed by atoms with van der Waals surface area (Å²) in [5, 5.41) is 2.90. The summed E-state index contributed by atoms with van der Waals surface area (Å²) in [5.74, 6) is 0.871. The second kappa shape index (κ2) is 10.8. The third-order valence-corrected chi connectivity index (χ3v) is 7.47. The zero-order chi connectivity index (χ0) is 26.8. The van der Waals surface area contributed by atoms with Crippen LogP contribution in [0.1, 0.15) is 22.3 Å². The molecule has 1 atom stereocenters. The fraction of sp³-hybridized carbons (Fsp3) is 0.300. The van der Waals surface area contributed by atoms with Gasteiger partial charge in [-0.05, 0) is 54.1 Å². The summed E-state index contributed by atoms with van der Waals surface area (Å²) in [6.07, 6.45) is 0.179. The predicted octanol–water partition coefficient (Wildman–Crippen LogP) is 3.36. The van der Waals surface area contributed by atoms with Gasteiger partial charge in [0.2, 0.25) is 18.6 Å². The van der Waals surface area contributed by atoms with Crippen LogP contribution in [0.25, 0.3) is 0 Å². The van der Waals surface area contributed by atoms with Crippen molar-refractivity contribution in [2.24, 2.45) is 5.92 Å². The van der Waals surface area contributed by atoms with Gasteiger partial charge in [0.15, 0.2) is 11.5 Å². The van der Waals surface area contributed by atoms with Gasteiger partial charge < -0.3 is 24.6 Å². The van der Waals surface area contributed by atoms with Crippen LogP contribution in [0.3, 0.4) is 0 Å². The lowest BCUT2D eigenvalue weighted by Crippen LogP contribution is -2.48. The van der Waals surface area contributed by atoms with Crippen LogP contribution in [-0.4, -0.2) is 67.0 Å². The summed E-state index contributed by atoms with van der Waals surface area (Å²) < 4.78 is 10.9. The van der Waals surface area contributed by atoms with Crippen LogP contribution in [0, 0.1) is 5.92 Å². The number of para-hydroxylation sites is 1. The first-order valence-corrected chi connectivity index (χ1v) is 13.2. The van der Waals surface area contributed by atoms with E-state index in [0.717, 1.165) is 42.4 Å². The molecular formula is C30H30N4O5. The van der Waals surface area contributed by atoms with Crippen molar-refractivity contribution < 1.29 is 23.9 Å². The first-order valence-electron chi connectivity index (χ1n) is 13.2. The number of carbonyl (C=O) groups is 3. The van der Waals surface area contributed by atoms with Gasteiger partial charge in [0.1, 0.15) is 0 Å². The normalized spacial score (nSPS) is 18.9. The molecule has 0 saturated carbocycles. The zero-order valence-corrected chi connectivity index (χ0v) is 21.5. The number of benzene rings is 3. The lowest BCUT2D eigenvalue weighted by Gasteiger charge is -2.34. The minimum Gasteiger partial charge on any atom is -0.454 e.